The van der Waals surface area contributed by atoms with Gasteiger partial charge >= 0.3 is 0 Å². The summed E-state index contributed by atoms with van der Waals surface area (Å²) in [5, 5.41) is 12.0. The Bertz CT molecular complexity index is 567. The average molecular weight is 273 g/mol. The van der Waals surface area contributed by atoms with Crippen LogP contribution in [0.3, 0.4) is 0 Å². The summed E-state index contributed by atoms with van der Waals surface area (Å²) in [5.41, 5.74) is 1.70. The van der Waals surface area contributed by atoms with Crippen LogP contribution in [0.2, 0.25) is 0 Å². The molecule has 0 unspecified atom stereocenters. The number of anilines is 1. The molecule has 0 aliphatic heterocycles. The first kappa shape index (κ1) is 13.5. The molecule has 0 saturated carbocycles. The molecule has 0 spiro atoms. The smallest absolute Gasteiger partial charge is 0.228 e. The molecule has 19 heavy (non-hydrogen) atoms. The van der Waals surface area contributed by atoms with Crippen molar-refractivity contribution in [3.05, 3.63) is 54.1 Å². The van der Waals surface area contributed by atoms with E-state index in [9.17, 15) is 9.90 Å². The van der Waals surface area contributed by atoms with Crippen molar-refractivity contribution in [3.8, 4) is 5.75 Å². The number of amides is 1. The lowest BCUT2D eigenvalue weighted by molar-refractivity contribution is -0.115. The van der Waals surface area contributed by atoms with Crippen molar-refractivity contribution in [2.24, 2.45) is 0 Å². The highest BCUT2D eigenvalue weighted by atomic mass is 32.2. The van der Waals surface area contributed by atoms with Crippen LogP contribution in [0.1, 0.15) is 5.56 Å². The predicted molar refractivity (Wildman–Crippen MR) is 78.7 cm³/mol. The second-order valence-corrected chi connectivity index (χ2v) is 4.93. The molecule has 0 aliphatic rings. The van der Waals surface area contributed by atoms with Crippen molar-refractivity contribution in [2.45, 2.75) is 11.3 Å². The zero-order chi connectivity index (χ0) is 13.7. The number of carbonyl (C=O) groups excluding carboxylic acids is 1. The summed E-state index contributed by atoms with van der Waals surface area (Å²) in [6.45, 7) is 0. The third-order valence-corrected chi connectivity index (χ3v) is 3.53. The van der Waals surface area contributed by atoms with Gasteiger partial charge in [0.15, 0.2) is 0 Å². The number of hydrogen-bond donors (Lipinski definition) is 2. The minimum Gasteiger partial charge on any atom is -0.508 e. The zero-order valence-corrected chi connectivity index (χ0v) is 11.4. The van der Waals surface area contributed by atoms with Gasteiger partial charge in [-0.05, 0) is 42.2 Å². The van der Waals surface area contributed by atoms with Gasteiger partial charge in [-0.2, -0.15) is 0 Å². The Morgan fingerprint density at radius 1 is 1.16 bits per heavy atom. The fourth-order valence-electron chi connectivity index (χ4n) is 1.77. The molecule has 4 heteroatoms. The van der Waals surface area contributed by atoms with Gasteiger partial charge in [-0.3, -0.25) is 4.79 Å². The lowest BCUT2D eigenvalue weighted by Crippen LogP contribution is -2.14. The van der Waals surface area contributed by atoms with Gasteiger partial charge in [0.25, 0.3) is 0 Å². The molecule has 2 N–H and O–H groups in total. The molecule has 2 aromatic rings. The van der Waals surface area contributed by atoms with Gasteiger partial charge in [0.2, 0.25) is 5.91 Å². The van der Waals surface area contributed by atoms with Crippen LogP contribution in [0.15, 0.2) is 53.4 Å². The third-order valence-electron chi connectivity index (χ3n) is 2.69. The van der Waals surface area contributed by atoms with Gasteiger partial charge in [0.1, 0.15) is 5.75 Å². The molecule has 1 amide bonds. The molecule has 0 radical (unpaired) electrons. The van der Waals surface area contributed by atoms with Crippen LogP contribution in [0.4, 0.5) is 5.69 Å². The maximum atomic E-state index is 12.0. The quantitative estimate of drug-likeness (QED) is 0.664. The average Bonchev–Trinajstić information content (AvgIpc) is 2.42. The number of rotatable bonds is 4. The first-order valence-corrected chi connectivity index (χ1v) is 7.12. The van der Waals surface area contributed by atoms with Crippen molar-refractivity contribution >= 4 is 23.4 Å². The van der Waals surface area contributed by atoms with Crippen LogP contribution in [-0.2, 0) is 11.2 Å². The highest BCUT2D eigenvalue weighted by Crippen LogP contribution is 2.21. The molecule has 98 valence electrons. The summed E-state index contributed by atoms with van der Waals surface area (Å²) in [6.07, 6.45) is 2.34. The summed E-state index contributed by atoms with van der Waals surface area (Å²) in [5.74, 6) is 0.123. The number of nitrogens with one attached hydrogen (secondary N) is 1. The van der Waals surface area contributed by atoms with Crippen molar-refractivity contribution in [1.29, 1.82) is 0 Å². The summed E-state index contributed by atoms with van der Waals surface area (Å²) in [7, 11) is 0. The normalized spacial score (nSPS) is 10.2. The van der Waals surface area contributed by atoms with E-state index in [2.05, 4.69) is 5.32 Å². The Kier molecular flexibility index (Phi) is 4.47. The van der Waals surface area contributed by atoms with Crippen LogP contribution in [0.25, 0.3) is 0 Å². The van der Waals surface area contributed by atoms with Gasteiger partial charge in [-0.1, -0.05) is 18.2 Å². The van der Waals surface area contributed by atoms with Gasteiger partial charge in [-0.25, -0.2) is 0 Å². The van der Waals surface area contributed by atoms with E-state index in [0.717, 1.165) is 10.5 Å². The van der Waals surface area contributed by atoms with Crippen LogP contribution < -0.4 is 5.32 Å². The monoisotopic (exact) mass is 273 g/mol. The van der Waals surface area contributed by atoms with E-state index in [-0.39, 0.29) is 11.7 Å². The number of benzene rings is 2. The van der Waals surface area contributed by atoms with Crippen LogP contribution in [0, 0.1) is 0 Å². The number of phenolic OH excluding ortho intramolecular Hbond substituents is 1. The predicted octanol–water partition coefficient (Wildman–Crippen LogP) is 3.30. The second-order valence-electron chi connectivity index (χ2n) is 4.08. The number of hydrogen-bond acceptors (Lipinski definition) is 3. The number of phenols is 1. The highest BCUT2D eigenvalue weighted by Gasteiger charge is 2.07. The van der Waals surface area contributed by atoms with E-state index in [4.69, 9.17) is 0 Å². The Morgan fingerprint density at radius 3 is 2.53 bits per heavy atom. The van der Waals surface area contributed by atoms with E-state index >= 15 is 0 Å². The van der Waals surface area contributed by atoms with Crippen LogP contribution in [-0.4, -0.2) is 17.3 Å². The Labute approximate surface area is 116 Å². The number of thioether (sulfide) groups is 1. The Hall–Kier alpha value is -1.94. The molecule has 2 rings (SSSR count). The highest BCUT2D eigenvalue weighted by molar-refractivity contribution is 7.98. The molecule has 0 heterocycles. The fraction of sp³-hybridized carbons (Fsp3) is 0.133. The van der Waals surface area contributed by atoms with Gasteiger partial charge < -0.3 is 10.4 Å². The second kappa shape index (κ2) is 6.29. The molecule has 3 nitrogen and oxygen atoms in total. The van der Waals surface area contributed by atoms with Crippen molar-refractivity contribution in [3.63, 3.8) is 0 Å². The molecule has 0 saturated heterocycles. The summed E-state index contributed by atoms with van der Waals surface area (Å²) in [6, 6.07) is 14.3. The summed E-state index contributed by atoms with van der Waals surface area (Å²) < 4.78 is 0. The van der Waals surface area contributed by atoms with E-state index < -0.39 is 0 Å². The lowest BCUT2D eigenvalue weighted by Gasteiger charge is -2.08. The molecule has 0 fully saturated rings. The van der Waals surface area contributed by atoms with Gasteiger partial charge in [0, 0.05) is 10.6 Å². The largest absolute Gasteiger partial charge is 0.508 e. The first-order chi connectivity index (χ1) is 9.19. The maximum Gasteiger partial charge on any atom is 0.228 e. The summed E-state index contributed by atoms with van der Waals surface area (Å²) in [4.78, 5) is 13.1. The minimum absolute atomic E-state index is 0.0628. The minimum atomic E-state index is -0.0628. The van der Waals surface area contributed by atoms with Gasteiger partial charge in [-0.15, -0.1) is 11.8 Å². The number of carbonyl (C=O) groups is 1. The topological polar surface area (TPSA) is 49.3 Å². The van der Waals surface area contributed by atoms with E-state index in [0.29, 0.717) is 12.1 Å². The Balaban J connectivity index is 2.03. The van der Waals surface area contributed by atoms with Crippen LogP contribution >= 0.6 is 11.8 Å². The molecule has 0 bridgehead atoms. The molecule has 0 atom stereocenters. The third kappa shape index (κ3) is 3.76. The van der Waals surface area contributed by atoms with Crippen LogP contribution in [0.5, 0.6) is 5.75 Å². The number of aromatic hydroxyl groups is 1. The van der Waals surface area contributed by atoms with Crippen molar-refractivity contribution in [2.75, 3.05) is 11.6 Å². The molecule has 0 aliphatic carbocycles. The van der Waals surface area contributed by atoms with E-state index in [1.54, 1.807) is 36.0 Å². The maximum absolute atomic E-state index is 12.0. The molecule has 0 aromatic heterocycles. The molecular weight excluding hydrogens is 258 g/mol. The van der Waals surface area contributed by atoms with E-state index in [1.165, 1.54) is 0 Å². The zero-order valence-electron chi connectivity index (χ0n) is 10.6. The SMILES string of the molecule is CSc1ccccc1CC(=O)Nc1ccc(O)cc1. The van der Waals surface area contributed by atoms with E-state index in [1.807, 2.05) is 30.5 Å². The fourth-order valence-corrected chi connectivity index (χ4v) is 2.39. The van der Waals surface area contributed by atoms with Crippen molar-refractivity contribution < 1.29 is 9.90 Å². The summed E-state index contributed by atoms with van der Waals surface area (Å²) >= 11 is 1.63. The molecular formula is C15H15NO2S. The van der Waals surface area contributed by atoms with Crippen molar-refractivity contribution in [1.82, 2.24) is 0 Å². The van der Waals surface area contributed by atoms with Gasteiger partial charge in [0.05, 0.1) is 6.42 Å². The molecule has 2 aromatic carbocycles. The standard InChI is InChI=1S/C15H15NO2S/c1-19-14-5-3-2-4-11(14)10-15(18)16-12-6-8-13(17)9-7-12/h2-9,17H,10H2,1H3,(H,16,18). The first-order valence-electron chi connectivity index (χ1n) is 5.90. The lowest BCUT2D eigenvalue weighted by atomic mass is 10.1. The Morgan fingerprint density at radius 2 is 1.84 bits per heavy atom.